The standard InChI is InChI=1S/C19H14ClFN4O3S/c1-19(2)17(27)24(11-4-3-10(9-22)14(20)7-11)18(29)25(19)12-5-6-13(15(21)8-12)16(26)23-28/h3-8,28H,1-2H3,(H,23,26). The number of hydroxylamine groups is 1. The summed E-state index contributed by atoms with van der Waals surface area (Å²) >= 11 is 11.6. The number of hydrogen-bond acceptors (Lipinski definition) is 5. The third kappa shape index (κ3) is 3.31. The van der Waals surface area contributed by atoms with E-state index in [0.717, 1.165) is 6.07 Å². The normalized spacial score (nSPS) is 15.4. The van der Waals surface area contributed by atoms with Gasteiger partial charge in [-0.25, -0.2) is 9.87 Å². The predicted molar refractivity (Wildman–Crippen MR) is 108 cm³/mol. The number of rotatable bonds is 3. The Hall–Kier alpha value is -3.06. The number of nitrogens with zero attached hydrogens (tertiary/aromatic N) is 3. The van der Waals surface area contributed by atoms with Gasteiger partial charge in [0.25, 0.3) is 11.8 Å². The van der Waals surface area contributed by atoms with E-state index in [1.54, 1.807) is 19.9 Å². The van der Waals surface area contributed by atoms with Crippen molar-refractivity contribution in [2.45, 2.75) is 19.4 Å². The van der Waals surface area contributed by atoms with Crippen LogP contribution >= 0.6 is 23.8 Å². The average Bonchev–Trinajstić information content (AvgIpc) is 2.85. The van der Waals surface area contributed by atoms with E-state index < -0.39 is 17.3 Å². The Morgan fingerprint density at radius 3 is 2.48 bits per heavy atom. The second-order valence-electron chi connectivity index (χ2n) is 6.70. The van der Waals surface area contributed by atoms with Gasteiger partial charge in [-0.05, 0) is 62.5 Å². The van der Waals surface area contributed by atoms with E-state index >= 15 is 0 Å². The molecule has 0 aromatic heterocycles. The van der Waals surface area contributed by atoms with Gasteiger partial charge in [0.15, 0.2) is 5.11 Å². The Bertz CT molecular complexity index is 1100. The monoisotopic (exact) mass is 432 g/mol. The molecule has 2 N–H and O–H groups in total. The smallest absolute Gasteiger partial charge is 0.277 e. The highest BCUT2D eigenvalue weighted by Gasteiger charge is 2.50. The SMILES string of the molecule is CC1(C)C(=O)N(c2ccc(C#N)c(Cl)c2)C(=S)N1c1ccc(C(=O)NO)c(F)c1. The first-order valence-electron chi connectivity index (χ1n) is 8.26. The topological polar surface area (TPSA) is 96.7 Å². The maximum absolute atomic E-state index is 14.4. The zero-order chi connectivity index (χ0) is 21.5. The highest BCUT2D eigenvalue weighted by Crippen LogP contribution is 2.37. The quantitative estimate of drug-likeness (QED) is 0.438. The molecule has 1 saturated heterocycles. The average molecular weight is 433 g/mol. The Morgan fingerprint density at radius 1 is 1.28 bits per heavy atom. The fourth-order valence-corrected chi connectivity index (χ4v) is 3.82. The molecule has 0 atom stereocenters. The van der Waals surface area contributed by atoms with E-state index in [9.17, 15) is 14.0 Å². The number of nitriles is 1. The summed E-state index contributed by atoms with van der Waals surface area (Å²) in [6, 6.07) is 10.1. The maximum Gasteiger partial charge on any atom is 0.277 e. The fraction of sp³-hybridized carbons (Fsp3) is 0.158. The van der Waals surface area contributed by atoms with Crippen molar-refractivity contribution >= 4 is 52.1 Å². The number of anilines is 2. The van der Waals surface area contributed by atoms with Gasteiger partial charge >= 0.3 is 0 Å². The first kappa shape index (κ1) is 20.7. The highest BCUT2D eigenvalue weighted by atomic mass is 35.5. The lowest BCUT2D eigenvalue weighted by Gasteiger charge is -2.29. The van der Waals surface area contributed by atoms with Gasteiger partial charge in [-0.1, -0.05) is 11.6 Å². The molecule has 0 saturated carbocycles. The van der Waals surface area contributed by atoms with Crippen molar-refractivity contribution in [2.75, 3.05) is 9.80 Å². The summed E-state index contributed by atoms with van der Waals surface area (Å²) in [5, 5.41) is 18.0. The van der Waals surface area contributed by atoms with Crippen LogP contribution in [0.2, 0.25) is 5.02 Å². The van der Waals surface area contributed by atoms with Gasteiger partial charge in [0.2, 0.25) is 0 Å². The summed E-state index contributed by atoms with van der Waals surface area (Å²) in [6.07, 6.45) is 0. The molecule has 2 amide bonds. The second kappa shape index (κ2) is 7.40. The predicted octanol–water partition coefficient (Wildman–Crippen LogP) is 3.39. The number of carbonyl (C=O) groups excluding carboxylic acids is 2. The molecule has 2 aromatic rings. The molecule has 0 unspecified atom stereocenters. The van der Waals surface area contributed by atoms with Crippen LogP contribution in [-0.4, -0.2) is 27.7 Å². The molecule has 0 spiro atoms. The zero-order valence-corrected chi connectivity index (χ0v) is 16.8. The van der Waals surface area contributed by atoms with E-state index in [1.165, 1.54) is 39.5 Å². The summed E-state index contributed by atoms with van der Waals surface area (Å²) in [5.41, 5.74) is 0.726. The van der Waals surface area contributed by atoms with Crippen LogP contribution in [0.3, 0.4) is 0 Å². The maximum atomic E-state index is 14.4. The van der Waals surface area contributed by atoms with E-state index in [-0.39, 0.29) is 32.9 Å². The second-order valence-corrected chi connectivity index (χ2v) is 7.47. The number of nitrogens with one attached hydrogen (secondary N) is 1. The molecule has 1 aliphatic rings. The molecule has 1 heterocycles. The van der Waals surface area contributed by atoms with Crippen molar-refractivity contribution < 1.29 is 19.2 Å². The van der Waals surface area contributed by atoms with Gasteiger partial charge in [0.05, 0.1) is 21.8 Å². The van der Waals surface area contributed by atoms with Crippen molar-refractivity contribution in [2.24, 2.45) is 0 Å². The van der Waals surface area contributed by atoms with Gasteiger partial charge in [0.1, 0.15) is 17.4 Å². The summed E-state index contributed by atoms with van der Waals surface area (Å²) in [4.78, 5) is 27.3. The lowest BCUT2D eigenvalue weighted by molar-refractivity contribution is -0.120. The molecule has 7 nitrogen and oxygen atoms in total. The molecule has 1 aliphatic heterocycles. The zero-order valence-electron chi connectivity index (χ0n) is 15.2. The van der Waals surface area contributed by atoms with Gasteiger partial charge in [-0.3, -0.25) is 19.7 Å². The molecule has 0 bridgehead atoms. The Morgan fingerprint density at radius 2 is 1.93 bits per heavy atom. The van der Waals surface area contributed by atoms with Crippen LogP contribution in [0.25, 0.3) is 0 Å². The molecule has 29 heavy (non-hydrogen) atoms. The van der Waals surface area contributed by atoms with Crippen molar-refractivity contribution in [1.29, 1.82) is 5.26 Å². The Kier molecular flexibility index (Phi) is 5.28. The molecule has 10 heteroatoms. The Labute approximate surface area is 175 Å². The number of thiocarbonyl (C=S) groups is 1. The number of amides is 2. The van der Waals surface area contributed by atoms with E-state index in [0.29, 0.717) is 5.69 Å². The highest BCUT2D eigenvalue weighted by molar-refractivity contribution is 7.81. The largest absolute Gasteiger partial charge is 0.303 e. The van der Waals surface area contributed by atoms with Gasteiger partial charge in [-0.2, -0.15) is 5.26 Å². The van der Waals surface area contributed by atoms with E-state index in [4.69, 9.17) is 34.3 Å². The third-order valence-electron chi connectivity index (χ3n) is 4.56. The lowest BCUT2D eigenvalue weighted by Crippen LogP contribution is -2.44. The van der Waals surface area contributed by atoms with Crippen LogP contribution < -0.4 is 15.3 Å². The Balaban J connectivity index is 2.06. The number of benzene rings is 2. The molecule has 0 aliphatic carbocycles. The lowest BCUT2D eigenvalue weighted by atomic mass is 10.0. The molecule has 148 valence electrons. The molecular formula is C19H14ClFN4O3S. The van der Waals surface area contributed by atoms with Crippen LogP contribution in [0.15, 0.2) is 36.4 Å². The summed E-state index contributed by atoms with van der Waals surface area (Å²) in [7, 11) is 0. The fourth-order valence-electron chi connectivity index (χ4n) is 3.08. The minimum atomic E-state index is -1.16. The molecule has 2 aromatic carbocycles. The van der Waals surface area contributed by atoms with Crippen molar-refractivity contribution in [3.05, 3.63) is 58.4 Å². The van der Waals surface area contributed by atoms with Crippen LogP contribution in [-0.2, 0) is 4.79 Å². The van der Waals surface area contributed by atoms with E-state index in [2.05, 4.69) is 0 Å². The van der Waals surface area contributed by atoms with Gasteiger partial charge in [0, 0.05) is 5.69 Å². The number of hydrogen-bond donors (Lipinski definition) is 2. The van der Waals surface area contributed by atoms with Crippen molar-refractivity contribution in [1.82, 2.24) is 5.48 Å². The van der Waals surface area contributed by atoms with Crippen molar-refractivity contribution in [3.8, 4) is 6.07 Å². The van der Waals surface area contributed by atoms with E-state index in [1.807, 2.05) is 6.07 Å². The third-order valence-corrected chi connectivity index (χ3v) is 5.23. The molecule has 1 fully saturated rings. The first-order chi connectivity index (χ1) is 13.6. The van der Waals surface area contributed by atoms with Crippen LogP contribution in [0.5, 0.6) is 0 Å². The summed E-state index contributed by atoms with van der Waals surface area (Å²) in [6.45, 7) is 3.25. The number of carbonyl (C=O) groups is 2. The number of halogens is 2. The van der Waals surface area contributed by atoms with Crippen LogP contribution in [0.1, 0.15) is 29.8 Å². The molecule has 3 rings (SSSR count). The minimum absolute atomic E-state index is 0.0829. The van der Waals surface area contributed by atoms with Crippen molar-refractivity contribution in [3.63, 3.8) is 0 Å². The molecular weight excluding hydrogens is 419 g/mol. The summed E-state index contributed by atoms with van der Waals surface area (Å²) < 4.78 is 14.4. The molecule has 0 radical (unpaired) electrons. The van der Waals surface area contributed by atoms with Gasteiger partial charge in [-0.15, -0.1) is 0 Å². The van der Waals surface area contributed by atoms with Gasteiger partial charge < -0.3 is 4.90 Å². The summed E-state index contributed by atoms with van der Waals surface area (Å²) in [5.74, 6) is -2.26. The first-order valence-corrected chi connectivity index (χ1v) is 9.04. The van der Waals surface area contributed by atoms with Crippen LogP contribution in [0, 0.1) is 17.1 Å². The minimum Gasteiger partial charge on any atom is -0.303 e. The van der Waals surface area contributed by atoms with Crippen LogP contribution in [0.4, 0.5) is 15.8 Å².